The predicted molar refractivity (Wildman–Crippen MR) is 86.3 cm³/mol. The summed E-state index contributed by atoms with van der Waals surface area (Å²) in [6.07, 6.45) is 1.34. The van der Waals surface area contributed by atoms with Crippen molar-refractivity contribution in [2.24, 2.45) is 0 Å². The standard InChI is InChI=1S/C19H14O5/c20-18(14-4-2-1-3-5-14)15-6-8-16(9-7-15)23-11-13-10-17(19(21)22)24-12-13/h1-10,12H,11H2,(H,21,22). The molecule has 0 aliphatic rings. The largest absolute Gasteiger partial charge is 0.489 e. The summed E-state index contributed by atoms with van der Waals surface area (Å²) < 4.78 is 10.5. The molecule has 3 aromatic rings. The van der Waals surface area contributed by atoms with E-state index in [1.807, 2.05) is 18.2 Å². The molecule has 0 unspecified atom stereocenters. The Balaban J connectivity index is 1.64. The van der Waals surface area contributed by atoms with Gasteiger partial charge in [0.25, 0.3) is 0 Å². The SMILES string of the molecule is O=C(c1ccccc1)c1ccc(OCc2coc(C(=O)O)c2)cc1. The van der Waals surface area contributed by atoms with Gasteiger partial charge in [-0.3, -0.25) is 4.79 Å². The van der Waals surface area contributed by atoms with Gasteiger partial charge in [0, 0.05) is 16.7 Å². The van der Waals surface area contributed by atoms with Crippen molar-refractivity contribution in [1.29, 1.82) is 0 Å². The van der Waals surface area contributed by atoms with Crippen LogP contribution in [0.4, 0.5) is 0 Å². The summed E-state index contributed by atoms with van der Waals surface area (Å²) in [5.74, 6) is -0.719. The molecule has 0 spiro atoms. The number of benzene rings is 2. The van der Waals surface area contributed by atoms with Crippen LogP contribution in [0.5, 0.6) is 5.75 Å². The minimum Gasteiger partial charge on any atom is -0.489 e. The molecule has 3 rings (SSSR count). The molecule has 0 radical (unpaired) electrons. The molecule has 0 fully saturated rings. The van der Waals surface area contributed by atoms with Crippen LogP contribution in [0, 0.1) is 0 Å². The van der Waals surface area contributed by atoms with Crippen molar-refractivity contribution in [3.63, 3.8) is 0 Å². The van der Waals surface area contributed by atoms with Crippen molar-refractivity contribution in [2.45, 2.75) is 6.61 Å². The average molecular weight is 322 g/mol. The molecule has 0 saturated heterocycles. The zero-order chi connectivity index (χ0) is 16.9. The second kappa shape index (κ2) is 6.83. The summed E-state index contributed by atoms with van der Waals surface area (Å²) in [4.78, 5) is 23.0. The van der Waals surface area contributed by atoms with E-state index >= 15 is 0 Å². The Morgan fingerprint density at radius 2 is 1.62 bits per heavy atom. The topological polar surface area (TPSA) is 76.7 Å². The zero-order valence-corrected chi connectivity index (χ0v) is 12.6. The number of carboxylic acid groups (broad SMARTS) is 1. The van der Waals surface area contributed by atoms with E-state index in [1.54, 1.807) is 36.4 Å². The lowest BCUT2D eigenvalue weighted by atomic mass is 10.0. The molecule has 5 heteroatoms. The van der Waals surface area contributed by atoms with E-state index < -0.39 is 5.97 Å². The zero-order valence-electron chi connectivity index (χ0n) is 12.6. The predicted octanol–water partition coefficient (Wildman–Crippen LogP) is 3.79. The maximum atomic E-state index is 12.3. The number of carbonyl (C=O) groups excluding carboxylic acids is 1. The van der Waals surface area contributed by atoms with Crippen LogP contribution in [0.3, 0.4) is 0 Å². The number of ketones is 1. The van der Waals surface area contributed by atoms with E-state index in [2.05, 4.69) is 0 Å². The lowest BCUT2D eigenvalue weighted by molar-refractivity contribution is 0.0662. The lowest BCUT2D eigenvalue weighted by Crippen LogP contribution is -2.01. The quantitative estimate of drug-likeness (QED) is 0.699. The molecule has 24 heavy (non-hydrogen) atoms. The van der Waals surface area contributed by atoms with E-state index in [0.717, 1.165) is 0 Å². The van der Waals surface area contributed by atoms with Crippen LogP contribution >= 0.6 is 0 Å². The summed E-state index contributed by atoms with van der Waals surface area (Å²) in [7, 11) is 0. The molecule has 120 valence electrons. The highest BCUT2D eigenvalue weighted by molar-refractivity contribution is 6.08. The summed E-state index contributed by atoms with van der Waals surface area (Å²) in [6, 6.07) is 17.3. The molecule has 0 aliphatic heterocycles. The first-order valence-corrected chi connectivity index (χ1v) is 7.27. The first kappa shape index (κ1) is 15.6. The highest BCUT2D eigenvalue weighted by Gasteiger charge is 2.10. The Morgan fingerprint density at radius 3 is 2.25 bits per heavy atom. The Morgan fingerprint density at radius 1 is 0.958 bits per heavy atom. The van der Waals surface area contributed by atoms with Crippen LogP contribution in [0.15, 0.2) is 71.3 Å². The van der Waals surface area contributed by atoms with Gasteiger partial charge in [-0.1, -0.05) is 30.3 Å². The van der Waals surface area contributed by atoms with E-state index in [-0.39, 0.29) is 18.2 Å². The summed E-state index contributed by atoms with van der Waals surface area (Å²) >= 11 is 0. The molecular formula is C19H14O5. The fraction of sp³-hybridized carbons (Fsp3) is 0.0526. The van der Waals surface area contributed by atoms with Gasteiger partial charge >= 0.3 is 5.97 Å². The molecule has 1 heterocycles. The maximum absolute atomic E-state index is 12.3. The number of rotatable bonds is 6. The Hall–Kier alpha value is -3.34. The van der Waals surface area contributed by atoms with Gasteiger partial charge in [-0.15, -0.1) is 0 Å². The molecule has 2 aromatic carbocycles. The second-order valence-corrected chi connectivity index (χ2v) is 5.13. The number of hydrogen-bond acceptors (Lipinski definition) is 4. The van der Waals surface area contributed by atoms with Crippen molar-refractivity contribution in [3.8, 4) is 5.75 Å². The van der Waals surface area contributed by atoms with E-state index in [9.17, 15) is 9.59 Å². The van der Waals surface area contributed by atoms with E-state index in [0.29, 0.717) is 22.4 Å². The third-order valence-corrected chi connectivity index (χ3v) is 3.42. The number of aromatic carboxylic acids is 1. The minimum atomic E-state index is -1.12. The van der Waals surface area contributed by atoms with Crippen molar-refractivity contribution in [3.05, 3.63) is 89.4 Å². The van der Waals surface area contributed by atoms with Crippen LogP contribution < -0.4 is 4.74 Å². The van der Waals surface area contributed by atoms with Crippen molar-refractivity contribution in [1.82, 2.24) is 0 Å². The fourth-order valence-electron chi connectivity index (χ4n) is 2.19. The molecule has 5 nitrogen and oxygen atoms in total. The van der Waals surface area contributed by atoms with Crippen LogP contribution in [0.1, 0.15) is 32.0 Å². The monoisotopic (exact) mass is 322 g/mol. The second-order valence-electron chi connectivity index (χ2n) is 5.13. The highest BCUT2D eigenvalue weighted by Crippen LogP contribution is 2.17. The van der Waals surface area contributed by atoms with E-state index in [1.165, 1.54) is 12.3 Å². The number of carboxylic acids is 1. The van der Waals surface area contributed by atoms with Gasteiger partial charge in [0.1, 0.15) is 12.4 Å². The van der Waals surface area contributed by atoms with Gasteiger partial charge in [0.2, 0.25) is 5.76 Å². The molecule has 0 atom stereocenters. The molecule has 0 amide bonds. The number of ether oxygens (including phenoxy) is 1. The maximum Gasteiger partial charge on any atom is 0.371 e. The minimum absolute atomic E-state index is 0.0527. The summed E-state index contributed by atoms with van der Waals surface area (Å²) in [6.45, 7) is 0.183. The van der Waals surface area contributed by atoms with Crippen LogP contribution in [-0.4, -0.2) is 16.9 Å². The molecule has 0 saturated carbocycles. The van der Waals surface area contributed by atoms with Gasteiger partial charge in [-0.05, 0) is 30.3 Å². The lowest BCUT2D eigenvalue weighted by Gasteiger charge is -2.06. The fourth-order valence-corrected chi connectivity index (χ4v) is 2.19. The average Bonchev–Trinajstić information content (AvgIpc) is 3.10. The van der Waals surface area contributed by atoms with Gasteiger partial charge in [-0.2, -0.15) is 0 Å². The molecule has 0 bridgehead atoms. The number of hydrogen-bond donors (Lipinski definition) is 1. The Kier molecular flexibility index (Phi) is 4.43. The van der Waals surface area contributed by atoms with Crippen molar-refractivity contribution < 1.29 is 23.8 Å². The smallest absolute Gasteiger partial charge is 0.371 e. The summed E-state index contributed by atoms with van der Waals surface area (Å²) in [5, 5.41) is 8.79. The third kappa shape index (κ3) is 3.52. The normalized spacial score (nSPS) is 10.3. The van der Waals surface area contributed by atoms with E-state index in [4.69, 9.17) is 14.3 Å². The van der Waals surface area contributed by atoms with Crippen molar-refractivity contribution in [2.75, 3.05) is 0 Å². The molecule has 1 aromatic heterocycles. The third-order valence-electron chi connectivity index (χ3n) is 3.42. The molecule has 1 N–H and O–H groups in total. The van der Waals surface area contributed by atoms with Crippen LogP contribution in [-0.2, 0) is 6.61 Å². The van der Waals surface area contributed by atoms with Gasteiger partial charge < -0.3 is 14.3 Å². The number of carbonyl (C=O) groups is 2. The van der Waals surface area contributed by atoms with Gasteiger partial charge in [0.15, 0.2) is 5.78 Å². The first-order chi connectivity index (χ1) is 11.6. The first-order valence-electron chi connectivity index (χ1n) is 7.27. The van der Waals surface area contributed by atoms with Crippen LogP contribution in [0.25, 0.3) is 0 Å². The number of furan rings is 1. The molecule has 0 aliphatic carbocycles. The van der Waals surface area contributed by atoms with Crippen LogP contribution in [0.2, 0.25) is 0 Å². The van der Waals surface area contributed by atoms with Crippen molar-refractivity contribution >= 4 is 11.8 Å². The Labute approximate surface area is 138 Å². The Bertz CT molecular complexity index is 847. The van der Waals surface area contributed by atoms with Gasteiger partial charge in [-0.25, -0.2) is 4.79 Å². The summed E-state index contributed by atoms with van der Waals surface area (Å²) in [5.41, 5.74) is 1.83. The highest BCUT2D eigenvalue weighted by atomic mass is 16.5. The van der Waals surface area contributed by atoms with Gasteiger partial charge in [0.05, 0.1) is 6.26 Å². The molecular weight excluding hydrogens is 308 g/mol.